The van der Waals surface area contributed by atoms with Gasteiger partial charge in [0.25, 0.3) is 0 Å². The van der Waals surface area contributed by atoms with E-state index in [4.69, 9.17) is 0 Å². The summed E-state index contributed by atoms with van der Waals surface area (Å²) in [7, 11) is 1.90. The van der Waals surface area contributed by atoms with Crippen LogP contribution in [0.5, 0.6) is 0 Å². The molecule has 1 aliphatic rings. The smallest absolute Gasteiger partial charge is 0.136 e. The van der Waals surface area contributed by atoms with E-state index in [2.05, 4.69) is 46.6 Å². The van der Waals surface area contributed by atoms with E-state index >= 15 is 0 Å². The number of rotatable bonds is 5. The zero-order valence-corrected chi connectivity index (χ0v) is 12.9. The SMILES string of the molecule is CNc1cc(NC(C)c2ccc(C)s2)nc(C2CC2)n1. The predicted molar refractivity (Wildman–Crippen MR) is 84.6 cm³/mol. The van der Waals surface area contributed by atoms with Crippen LogP contribution in [0.3, 0.4) is 0 Å². The summed E-state index contributed by atoms with van der Waals surface area (Å²) in [5.74, 6) is 3.32. The molecule has 1 aliphatic carbocycles. The molecule has 3 rings (SSSR count). The van der Waals surface area contributed by atoms with Gasteiger partial charge in [0, 0.05) is 28.8 Å². The first-order chi connectivity index (χ1) is 9.65. The number of nitrogens with zero attached hydrogens (tertiary/aromatic N) is 2. The quantitative estimate of drug-likeness (QED) is 0.875. The third-order valence-corrected chi connectivity index (χ3v) is 4.68. The first-order valence-electron chi connectivity index (χ1n) is 7.05. The van der Waals surface area contributed by atoms with Gasteiger partial charge in [-0.3, -0.25) is 0 Å². The van der Waals surface area contributed by atoms with Gasteiger partial charge in [0.1, 0.15) is 17.5 Å². The maximum absolute atomic E-state index is 4.66. The Labute approximate surface area is 123 Å². The van der Waals surface area contributed by atoms with E-state index in [1.807, 2.05) is 24.5 Å². The highest BCUT2D eigenvalue weighted by Crippen LogP contribution is 2.39. The van der Waals surface area contributed by atoms with Crippen molar-refractivity contribution in [2.24, 2.45) is 0 Å². The molecule has 5 heteroatoms. The average Bonchev–Trinajstić information content (AvgIpc) is 3.20. The van der Waals surface area contributed by atoms with Crippen LogP contribution in [0.1, 0.15) is 47.3 Å². The van der Waals surface area contributed by atoms with Gasteiger partial charge in [-0.2, -0.15) is 0 Å². The summed E-state index contributed by atoms with van der Waals surface area (Å²) in [5.41, 5.74) is 0. The molecule has 4 nitrogen and oxygen atoms in total. The number of hydrogen-bond donors (Lipinski definition) is 2. The number of nitrogens with one attached hydrogen (secondary N) is 2. The number of anilines is 2. The summed E-state index contributed by atoms with van der Waals surface area (Å²) in [4.78, 5) is 11.9. The predicted octanol–water partition coefficient (Wildman–Crippen LogP) is 3.94. The van der Waals surface area contributed by atoms with Gasteiger partial charge >= 0.3 is 0 Å². The highest BCUT2D eigenvalue weighted by Gasteiger charge is 2.27. The lowest BCUT2D eigenvalue weighted by Gasteiger charge is -2.14. The first-order valence-corrected chi connectivity index (χ1v) is 7.87. The standard InChI is InChI=1S/C15H20N4S/c1-9-4-7-12(20-9)10(2)17-14-8-13(16-3)18-15(19-14)11-5-6-11/h4,7-8,10-11H,5-6H2,1-3H3,(H2,16,17,18,19). The topological polar surface area (TPSA) is 49.8 Å². The molecule has 0 radical (unpaired) electrons. The average molecular weight is 288 g/mol. The van der Waals surface area contributed by atoms with Crippen molar-refractivity contribution in [3.05, 3.63) is 33.8 Å². The zero-order chi connectivity index (χ0) is 14.1. The van der Waals surface area contributed by atoms with Crippen LogP contribution in [0.4, 0.5) is 11.6 Å². The molecule has 0 amide bonds. The second kappa shape index (κ2) is 5.40. The van der Waals surface area contributed by atoms with Crippen LogP contribution in [0.15, 0.2) is 18.2 Å². The van der Waals surface area contributed by atoms with E-state index < -0.39 is 0 Å². The fraction of sp³-hybridized carbons (Fsp3) is 0.467. The first kappa shape index (κ1) is 13.4. The van der Waals surface area contributed by atoms with Crippen molar-refractivity contribution in [1.82, 2.24) is 9.97 Å². The van der Waals surface area contributed by atoms with Crippen molar-refractivity contribution >= 4 is 23.0 Å². The monoisotopic (exact) mass is 288 g/mol. The van der Waals surface area contributed by atoms with E-state index in [1.54, 1.807) is 0 Å². The van der Waals surface area contributed by atoms with Crippen molar-refractivity contribution < 1.29 is 0 Å². The van der Waals surface area contributed by atoms with Crippen LogP contribution in [-0.4, -0.2) is 17.0 Å². The Bertz CT molecular complexity index is 604. The normalized spacial score (nSPS) is 15.9. The third-order valence-electron chi connectivity index (χ3n) is 3.49. The molecular weight excluding hydrogens is 268 g/mol. The summed E-state index contributed by atoms with van der Waals surface area (Å²) in [6.07, 6.45) is 2.43. The van der Waals surface area contributed by atoms with Crippen molar-refractivity contribution in [3.63, 3.8) is 0 Å². The van der Waals surface area contributed by atoms with Crippen molar-refractivity contribution in [2.75, 3.05) is 17.7 Å². The van der Waals surface area contributed by atoms with Crippen LogP contribution in [0.25, 0.3) is 0 Å². The molecule has 0 aliphatic heterocycles. The van der Waals surface area contributed by atoms with Crippen molar-refractivity contribution in [2.45, 2.75) is 38.6 Å². The number of thiophene rings is 1. The molecule has 0 aromatic carbocycles. The van der Waals surface area contributed by atoms with Gasteiger partial charge in [-0.15, -0.1) is 11.3 Å². The molecule has 2 heterocycles. The highest BCUT2D eigenvalue weighted by atomic mass is 32.1. The third kappa shape index (κ3) is 2.93. The number of aromatic nitrogens is 2. The van der Waals surface area contributed by atoms with E-state index in [1.165, 1.54) is 22.6 Å². The van der Waals surface area contributed by atoms with Crippen LogP contribution in [0.2, 0.25) is 0 Å². The molecule has 0 bridgehead atoms. The zero-order valence-electron chi connectivity index (χ0n) is 12.1. The fourth-order valence-electron chi connectivity index (χ4n) is 2.17. The number of hydrogen-bond acceptors (Lipinski definition) is 5. The van der Waals surface area contributed by atoms with E-state index in [9.17, 15) is 0 Å². The Morgan fingerprint density at radius 3 is 2.60 bits per heavy atom. The minimum absolute atomic E-state index is 0.264. The summed E-state index contributed by atoms with van der Waals surface area (Å²) in [6, 6.07) is 6.58. The minimum Gasteiger partial charge on any atom is -0.373 e. The summed E-state index contributed by atoms with van der Waals surface area (Å²) < 4.78 is 0. The molecule has 106 valence electrons. The maximum atomic E-state index is 4.66. The van der Waals surface area contributed by atoms with Gasteiger partial charge in [-0.1, -0.05) is 0 Å². The molecule has 1 atom stereocenters. The highest BCUT2D eigenvalue weighted by molar-refractivity contribution is 7.12. The van der Waals surface area contributed by atoms with Crippen molar-refractivity contribution in [3.8, 4) is 0 Å². The van der Waals surface area contributed by atoms with Crippen LogP contribution < -0.4 is 10.6 Å². The molecule has 2 aromatic heterocycles. The molecule has 0 saturated heterocycles. The summed E-state index contributed by atoms with van der Waals surface area (Å²) >= 11 is 1.83. The Morgan fingerprint density at radius 1 is 1.25 bits per heavy atom. The van der Waals surface area contributed by atoms with Crippen LogP contribution in [0, 0.1) is 6.92 Å². The Kier molecular flexibility index (Phi) is 3.61. The second-order valence-corrected chi connectivity index (χ2v) is 6.65. The molecule has 20 heavy (non-hydrogen) atoms. The van der Waals surface area contributed by atoms with Gasteiger partial charge < -0.3 is 10.6 Å². The van der Waals surface area contributed by atoms with E-state index in [-0.39, 0.29) is 6.04 Å². The van der Waals surface area contributed by atoms with Gasteiger partial charge in [-0.05, 0) is 38.8 Å². The van der Waals surface area contributed by atoms with Gasteiger partial charge in [0.05, 0.1) is 6.04 Å². The summed E-state index contributed by atoms with van der Waals surface area (Å²) in [6.45, 7) is 4.30. The lowest BCUT2D eigenvalue weighted by Crippen LogP contribution is -2.09. The maximum Gasteiger partial charge on any atom is 0.136 e. The van der Waals surface area contributed by atoms with Gasteiger partial charge in [0.15, 0.2) is 0 Å². The largest absolute Gasteiger partial charge is 0.373 e. The summed E-state index contributed by atoms with van der Waals surface area (Å²) in [5, 5.41) is 6.61. The molecule has 2 N–H and O–H groups in total. The van der Waals surface area contributed by atoms with E-state index in [0.29, 0.717) is 5.92 Å². The van der Waals surface area contributed by atoms with Crippen LogP contribution in [-0.2, 0) is 0 Å². The Balaban J connectivity index is 1.80. The lowest BCUT2D eigenvalue weighted by atomic mass is 10.2. The molecular formula is C15H20N4S. The molecule has 2 aromatic rings. The molecule has 0 spiro atoms. The van der Waals surface area contributed by atoms with Crippen molar-refractivity contribution in [1.29, 1.82) is 0 Å². The van der Waals surface area contributed by atoms with Gasteiger partial charge in [-0.25, -0.2) is 9.97 Å². The fourth-order valence-corrected chi connectivity index (χ4v) is 3.05. The molecule has 1 unspecified atom stereocenters. The Morgan fingerprint density at radius 2 is 2.00 bits per heavy atom. The van der Waals surface area contributed by atoms with E-state index in [0.717, 1.165) is 17.5 Å². The minimum atomic E-state index is 0.264. The lowest BCUT2D eigenvalue weighted by molar-refractivity contribution is 0.869. The molecule has 1 saturated carbocycles. The van der Waals surface area contributed by atoms with Crippen LogP contribution >= 0.6 is 11.3 Å². The Hall–Kier alpha value is -1.62. The van der Waals surface area contributed by atoms with Gasteiger partial charge in [0.2, 0.25) is 0 Å². The number of aryl methyl sites for hydroxylation is 1. The second-order valence-electron chi connectivity index (χ2n) is 5.34. The molecule has 1 fully saturated rings.